The number of aromatic nitrogens is 5. The predicted molar refractivity (Wildman–Crippen MR) is 121 cm³/mol. The maximum Gasteiger partial charge on any atom is 0.243 e. The maximum absolute atomic E-state index is 12.8. The van der Waals surface area contributed by atoms with Crippen LogP contribution < -0.4 is 5.32 Å². The van der Waals surface area contributed by atoms with Gasteiger partial charge in [-0.15, -0.1) is 0 Å². The number of rotatable bonds is 8. The van der Waals surface area contributed by atoms with Crippen LogP contribution in [0.5, 0.6) is 0 Å². The third kappa shape index (κ3) is 3.96. The lowest BCUT2D eigenvalue weighted by molar-refractivity contribution is -0.116. The Morgan fingerprint density at radius 1 is 1.12 bits per heavy atom. The van der Waals surface area contributed by atoms with Crippen molar-refractivity contribution >= 4 is 38.4 Å². The van der Waals surface area contributed by atoms with Gasteiger partial charge in [0.25, 0.3) is 0 Å². The first kappa shape index (κ1) is 21.9. The lowest BCUT2D eigenvalue weighted by Gasteiger charge is -2.18. The van der Waals surface area contributed by atoms with E-state index < -0.39 is 10.0 Å². The highest BCUT2D eigenvalue weighted by Gasteiger charge is 2.22. The van der Waals surface area contributed by atoms with E-state index >= 15 is 0 Å². The molecule has 168 valence electrons. The molecule has 1 N–H and O–H groups in total. The molecule has 0 radical (unpaired) electrons. The van der Waals surface area contributed by atoms with Gasteiger partial charge in [0.15, 0.2) is 5.65 Å². The maximum atomic E-state index is 12.8. The summed E-state index contributed by atoms with van der Waals surface area (Å²) in [6.07, 6.45) is 3.85. The molecule has 0 saturated heterocycles. The number of hydrogen-bond donors (Lipinski definition) is 1. The molecule has 0 aliphatic rings. The zero-order valence-electron chi connectivity index (χ0n) is 18.2. The number of anilines is 1. The molecule has 0 aliphatic carbocycles. The number of amides is 1. The van der Waals surface area contributed by atoms with Crippen LogP contribution in [0.15, 0.2) is 47.6 Å². The molecule has 4 rings (SSSR count). The summed E-state index contributed by atoms with van der Waals surface area (Å²) in [5.41, 5.74) is 2.04. The first-order chi connectivity index (χ1) is 15.3. The smallest absolute Gasteiger partial charge is 0.243 e. The molecule has 4 aromatic rings. The molecular formula is C21H25N7O3S. The molecule has 1 aromatic carbocycles. The van der Waals surface area contributed by atoms with E-state index in [0.29, 0.717) is 42.3 Å². The van der Waals surface area contributed by atoms with Crippen LogP contribution >= 0.6 is 0 Å². The second-order valence-electron chi connectivity index (χ2n) is 7.31. The topological polar surface area (TPSA) is 114 Å². The van der Waals surface area contributed by atoms with Crippen LogP contribution in [0.1, 0.15) is 26.1 Å². The summed E-state index contributed by atoms with van der Waals surface area (Å²) in [5, 5.41) is 7.00. The standard InChI is InChI=1S/C21H25N7O3S/c1-4-27(5-2)32(30,31)15-6-7-17-16(14-15)24-19(26(17)3)8-9-21(29)25-20-10-12-22-18-11-13-23-28(18)20/h6-7,10-14H,4-5,8-9H2,1-3H3,(H,25,29). The van der Waals surface area contributed by atoms with Crippen LogP contribution in [0.3, 0.4) is 0 Å². The van der Waals surface area contributed by atoms with Gasteiger partial charge in [0, 0.05) is 45.2 Å². The van der Waals surface area contributed by atoms with Crippen molar-refractivity contribution in [1.82, 2.24) is 28.5 Å². The number of benzene rings is 1. The van der Waals surface area contributed by atoms with E-state index in [-0.39, 0.29) is 17.2 Å². The van der Waals surface area contributed by atoms with Gasteiger partial charge in [0.2, 0.25) is 15.9 Å². The molecule has 3 heterocycles. The highest BCUT2D eigenvalue weighted by atomic mass is 32.2. The van der Waals surface area contributed by atoms with E-state index in [1.165, 1.54) is 4.31 Å². The minimum atomic E-state index is -3.56. The number of nitrogens with zero attached hydrogens (tertiary/aromatic N) is 6. The molecule has 0 aliphatic heterocycles. The zero-order chi connectivity index (χ0) is 22.9. The minimum absolute atomic E-state index is 0.176. The second-order valence-corrected chi connectivity index (χ2v) is 9.24. The largest absolute Gasteiger partial charge is 0.331 e. The van der Waals surface area contributed by atoms with Crippen molar-refractivity contribution in [2.24, 2.45) is 7.05 Å². The molecule has 10 nitrogen and oxygen atoms in total. The molecule has 0 fully saturated rings. The summed E-state index contributed by atoms with van der Waals surface area (Å²) in [4.78, 5) is 21.5. The van der Waals surface area contributed by atoms with E-state index in [2.05, 4.69) is 20.4 Å². The van der Waals surface area contributed by atoms with E-state index in [4.69, 9.17) is 0 Å². The summed E-state index contributed by atoms with van der Waals surface area (Å²) in [6.45, 7) is 4.43. The summed E-state index contributed by atoms with van der Waals surface area (Å²) in [7, 11) is -1.70. The number of fused-ring (bicyclic) bond motifs is 2. The Bertz CT molecular complexity index is 1390. The molecule has 11 heteroatoms. The summed E-state index contributed by atoms with van der Waals surface area (Å²) >= 11 is 0. The van der Waals surface area contributed by atoms with Crippen molar-refractivity contribution < 1.29 is 13.2 Å². The number of nitrogens with one attached hydrogen (secondary N) is 1. The highest BCUT2D eigenvalue weighted by molar-refractivity contribution is 7.89. The molecule has 0 atom stereocenters. The van der Waals surface area contributed by atoms with Crippen LogP contribution in [-0.2, 0) is 28.3 Å². The molecule has 0 bridgehead atoms. The Labute approximate surface area is 185 Å². The van der Waals surface area contributed by atoms with Gasteiger partial charge in [-0.25, -0.2) is 18.4 Å². The van der Waals surface area contributed by atoms with Crippen molar-refractivity contribution in [2.75, 3.05) is 18.4 Å². The average Bonchev–Trinajstić information content (AvgIpc) is 3.38. The predicted octanol–water partition coefficient (Wildman–Crippen LogP) is 2.22. The van der Waals surface area contributed by atoms with Gasteiger partial charge < -0.3 is 9.88 Å². The van der Waals surface area contributed by atoms with Crippen molar-refractivity contribution in [3.8, 4) is 0 Å². The fraction of sp³-hybridized carbons (Fsp3) is 0.333. The van der Waals surface area contributed by atoms with Crippen molar-refractivity contribution in [3.05, 3.63) is 48.5 Å². The molecule has 0 spiro atoms. The monoisotopic (exact) mass is 455 g/mol. The van der Waals surface area contributed by atoms with Gasteiger partial charge in [-0.05, 0) is 24.3 Å². The third-order valence-electron chi connectivity index (χ3n) is 5.42. The van der Waals surface area contributed by atoms with Crippen LogP contribution in [-0.4, -0.2) is 55.9 Å². The molecular weight excluding hydrogens is 430 g/mol. The molecule has 3 aromatic heterocycles. The molecule has 0 unspecified atom stereocenters. The van der Waals surface area contributed by atoms with Gasteiger partial charge in [0.05, 0.1) is 22.1 Å². The average molecular weight is 456 g/mol. The summed E-state index contributed by atoms with van der Waals surface area (Å²) in [5.74, 6) is 1.07. The molecule has 1 amide bonds. The van der Waals surface area contributed by atoms with Gasteiger partial charge in [-0.3, -0.25) is 4.79 Å². The van der Waals surface area contributed by atoms with E-state index in [0.717, 1.165) is 5.52 Å². The number of aryl methyl sites for hydroxylation is 2. The van der Waals surface area contributed by atoms with Crippen LogP contribution in [0.4, 0.5) is 5.82 Å². The van der Waals surface area contributed by atoms with E-state index in [1.54, 1.807) is 47.2 Å². The molecule has 32 heavy (non-hydrogen) atoms. The quantitative estimate of drug-likeness (QED) is 0.436. The Morgan fingerprint density at radius 3 is 2.66 bits per heavy atom. The Morgan fingerprint density at radius 2 is 1.91 bits per heavy atom. The fourth-order valence-electron chi connectivity index (χ4n) is 3.69. The fourth-order valence-corrected chi connectivity index (χ4v) is 5.16. The Hall–Kier alpha value is -3.31. The van der Waals surface area contributed by atoms with Crippen molar-refractivity contribution in [3.63, 3.8) is 0 Å². The SMILES string of the molecule is CCN(CC)S(=O)(=O)c1ccc2c(c1)nc(CCC(=O)Nc1ccnc3ccnn13)n2C. The molecule has 0 saturated carbocycles. The van der Waals surface area contributed by atoms with Crippen LogP contribution in [0.2, 0.25) is 0 Å². The first-order valence-electron chi connectivity index (χ1n) is 10.4. The van der Waals surface area contributed by atoms with Crippen LogP contribution in [0.25, 0.3) is 16.7 Å². The second kappa shape index (κ2) is 8.67. The normalized spacial score (nSPS) is 12.1. The minimum Gasteiger partial charge on any atom is -0.331 e. The number of carbonyl (C=O) groups excluding carboxylic acids is 1. The van der Waals surface area contributed by atoms with Crippen molar-refractivity contribution in [1.29, 1.82) is 0 Å². The van der Waals surface area contributed by atoms with Crippen molar-refractivity contribution in [2.45, 2.75) is 31.6 Å². The highest BCUT2D eigenvalue weighted by Crippen LogP contribution is 2.23. The van der Waals surface area contributed by atoms with Gasteiger partial charge in [-0.1, -0.05) is 13.8 Å². The lowest BCUT2D eigenvalue weighted by atomic mass is 10.3. The third-order valence-corrected chi connectivity index (χ3v) is 7.47. The van der Waals surface area contributed by atoms with Crippen LogP contribution in [0, 0.1) is 0 Å². The summed E-state index contributed by atoms with van der Waals surface area (Å²) in [6, 6.07) is 8.40. The van der Waals surface area contributed by atoms with Gasteiger partial charge in [-0.2, -0.15) is 13.9 Å². The lowest BCUT2D eigenvalue weighted by Crippen LogP contribution is -2.30. The van der Waals surface area contributed by atoms with E-state index in [1.807, 2.05) is 25.5 Å². The number of hydrogen-bond acceptors (Lipinski definition) is 6. The number of sulfonamides is 1. The van der Waals surface area contributed by atoms with Gasteiger partial charge >= 0.3 is 0 Å². The zero-order valence-corrected chi connectivity index (χ0v) is 19.0. The Kier molecular flexibility index (Phi) is 5.94. The number of imidazole rings is 1. The summed E-state index contributed by atoms with van der Waals surface area (Å²) < 4.78 is 30.5. The first-order valence-corrected chi connectivity index (χ1v) is 11.8. The van der Waals surface area contributed by atoms with E-state index in [9.17, 15) is 13.2 Å². The van der Waals surface area contributed by atoms with Gasteiger partial charge in [0.1, 0.15) is 11.6 Å². The Balaban J connectivity index is 1.51. The number of carbonyl (C=O) groups is 1.